The molecule has 3 heteroatoms. The molecule has 0 aromatic heterocycles. The monoisotopic (exact) mass is 158 g/mol. The second-order valence-electron chi connectivity index (χ2n) is 3.36. The quantitative estimate of drug-likeness (QED) is 0.536. The van der Waals surface area contributed by atoms with E-state index in [-0.39, 0.29) is 12.2 Å². The van der Waals surface area contributed by atoms with E-state index >= 15 is 0 Å². The molecule has 1 fully saturated rings. The molecule has 0 saturated carbocycles. The van der Waals surface area contributed by atoms with E-state index in [4.69, 9.17) is 9.47 Å². The molecule has 1 aliphatic heterocycles. The van der Waals surface area contributed by atoms with Gasteiger partial charge < -0.3 is 14.3 Å². The Morgan fingerprint density at radius 2 is 2.09 bits per heavy atom. The lowest BCUT2D eigenvalue weighted by atomic mass is 10.1. The largest absolute Gasteiger partial charge is 0.347 e. The minimum Gasteiger partial charge on any atom is -0.347 e. The van der Waals surface area contributed by atoms with Crippen LogP contribution in [-0.2, 0) is 14.3 Å². The van der Waals surface area contributed by atoms with Gasteiger partial charge in [0.05, 0.1) is 6.10 Å². The molecule has 0 spiro atoms. The predicted molar refractivity (Wildman–Crippen MR) is 40.2 cm³/mol. The number of aldehydes is 1. The zero-order chi connectivity index (χ0) is 8.48. The van der Waals surface area contributed by atoms with E-state index in [9.17, 15) is 4.79 Å². The predicted octanol–water partition coefficient (Wildman–Crippen LogP) is 1.12. The molecule has 0 radical (unpaired) electrons. The van der Waals surface area contributed by atoms with E-state index < -0.39 is 5.79 Å². The number of ether oxygens (including phenoxy) is 2. The van der Waals surface area contributed by atoms with Crippen LogP contribution in [0.15, 0.2) is 0 Å². The van der Waals surface area contributed by atoms with Crippen molar-refractivity contribution in [2.45, 2.75) is 45.2 Å². The van der Waals surface area contributed by atoms with E-state index in [2.05, 4.69) is 0 Å². The average Bonchev–Trinajstić information content (AvgIpc) is 1.83. The maximum atomic E-state index is 10.4. The first kappa shape index (κ1) is 8.68. The second kappa shape index (κ2) is 2.91. The molecule has 0 aromatic carbocycles. The molecule has 0 bridgehead atoms. The highest BCUT2D eigenvalue weighted by Crippen LogP contribution is 2.25. The summed E-state index contributed by atoms with van der Waals surface area (Å²) in [4.78, 5) is 10.4. The number of carbonyl (C=O) groups excluding carboxylic acids is 1. The zero-order valence-corrected chi connectivity index (χ0v) is 7.16. The molecule has 2 unspecified atom stereocenters. The standard InChI is InChI=1S/C8H14O3/c1-6-4-7(5-9)11-8(2,3)10-6/h5-7H,4H2,1-3H3. The molecule has 64 valence electrons. The molecular formula is C8H14O3. The molecule has 0 N–H and O–H groups in total. The second-order valence-corrected chi connectivity index (χ2v) is 3.36. The summed E-state index contributed by atoms with van der Waals surface area (Å²) in [5.41, 5.74) is 0. The summed E-state index contributed by atoms with van der Waals surface area (Å²) in [7, 11) is 0. The highest BCUT2D eigenvalue weighted by molar-refractivity contribution is 5.56. The van der Waals surface area contributed by atoms with Gasteiger partial charge in [0.1, 0.15) is 12.4 Å². The van der Waals surface area contributed by atoms with Crippen LogP contribution in [-0.4, -0.2) is 24.3 Å². The summed E-state index contributed by atoms with van der Waals surface area (Å²) in [6.45, 7) is 5.58. The summed E-state index contributed by atoms with van der Waals surface area (Å²) < 4.78 is 10.7. The van der Waals surface area contributed by atoms with Crippen LogP contribution in [0.2, 0.25) is 0 Å². The fourth-order valence-corrected chi connectivity index (χ4v) is 1.38. The normalized spacial score (nSPS) is 36.6. The fourth-order valence-electron chi connectivity index (χ4n) is 1.38. The van der Waals surface area contributed by atoms with Crippen LogP contribution in [0.5, 0.6) is 0 Å². The number of hydrogen-bond acceptors (Lipinski definition) is 3. The molecule has 1 rings (SSSR count). The van der Waals surface area contributed by atoms with Crippen LogP contribution in [0.3, 0.4) is 0 Å². The molecule has 1 saturated heterocycles. The first-order chi connectivity index (χ1) is 5.03. The maximum absolute atomic E-state index is 10.4. The summed E-state index contributed by atoms with van der Waals surface area (Å²) in [5.74, 6) is -0.608. The van der Waals surface area contributed by atoms with E-state index in [0.29, 0.717) is 6.42 Å². The zero-order valence-electron chi connectivity index (χ0n) is 7.16. The van der Waals surface area contributed by atoms with Gasteiger partial charge in [-0.2, -0.15) is 0 Å². The molecular weight excluding hydrogens is 144 g/mol. The van der Waals surface area contributed by atoms with Crippen molar-refractivity contribution in [3.8, 4) is 0 Å². The Morgan fingerprint density at radius 1 is 1.45 bits per heavy atom. The molecule has 0 aromatic rings. The van der Waals surface area contributed by atoms with E-state index in [1.54, 1.807) is 0 Å². The Labute approximate surface area is 66.7 Å². The van der Waals surface area contributed by atoms with Gasteiger partial charge in [0.2, 0.25) is 0 Å². The van der Waals surface area contributed by atoms with Gasteiger partial charge in [0.15, 0.2) is 5.79 Å². The van der Waals surface area contributed by atoms with Crippen molar-refractivity contribution in [3.63, 3.8) is 0 Å². The lowest BCUT2D eigenvalue weighted by molar-refractivity contribution is -0.287. The van der Waals surface area contributed by atoms with E-state index in [0.717, 1.165) is 6.29 Å². The Morgan fingerprint density at radius 3 is 2.55 bits per heavy atom. The van der Waals surface area contributed by atoms with Crippen molar-refractivity contribution < 1.29 is 14.3 Å². The topological polar surface area (TPSA) is 35.5 Å². The number of carbonyl (C=O) groups is 1. The molecule has 2 atom stereocenters. The first-order valence-corrected chi connectivity index (χ1v) is 3.84. The minimum atomic E-state index is -0.608. The van der Waals surface area contributed by atoms with Gasteiger partial charge in [-0.25, -0.2) is 0 Å². The molecule has 3 nitrogen and oxygen atoms in total. The third-order valence-electron chi connectivity index (χ3n) is 1.64. The molecule has 0 aliphatic carbocycles. The number of rotatable bonds is 1. The SMILES string of the molecule is CC1CC(C=O)OC(C)(C)O1. The van der Waals surface area contributed by atoms with Gasteiger partial charge in [0, 0.05) is 6.42 Å². The highest BCUT2D eigenvalue weighted by atomic mass is 16.7. The summed E-state index contributed by atoms with van der Waals surface area (Å²) in [6.07, 6.45) is 1.30. The van der Waals surface area contributed by atoms with Gasteiger partial charge in [-0.3, -0.25) is 0 Å². The lowest BCUT2D eigenvalue weighted by Crippen LogP contribution is -2.44. The van der Waals surface area contributed by atoms with Gasteiger partial charge in [-0.15, -0.1) is 0 Å². The Hall–Kier alpha value is -0.410. The van der Waals surface area contributed by atoms with Crippen molar-refractivity contribution >= 4 is 6.29 Å². The smallest absolute Gasteiger partial charge is 0.164 e. The Kier molecular flexibility index (Phi) is 2.30. The molecule has 1 aliphatic rings. The maximum Gasteiger partial charge on any atom is 0.164 e. The van der Waals surface area contributed by atoms with Crippen LogP contribution in [0.25, 0.3) is 0 Å². The molecule has 0 amide bonds. The van der Waals surface area contributed by atoms with Gasteiger partial charge >= 0.3 is 0 Å². The fraction of sp³-hybridized carbons (Fsp3) is 0.875. The number of hydrogen-bond donors (Lipinski definition) is 0. The lowest BCUT2D eigenvalue weighted by Gasteiger charge is -2.37. The van der Waals surface area contributed by atoms with Crippen molar-refractivity contribution in [2.75, 3.05) is 0 Å². The van der Waals surface area contributed by atoms with Crippen molar-refractivity contribution in [1.82, 2.24) is 0 Å². The third kappa shape index (κ3) is 2.27. The van der Waals surface area contributed by atoms with Crippen molar-refractivity contribution in [1.29, 1.82) is 0 Å². The third-order valence-corrected chi connectivity index (χ3v) is 1.64. The minimum absolute atomic E-state index is 0.106. The van der Waals surface area contributed by atoms with Gasteiger partial charge in [-0.05, 0) is 20.8 Å². The Balaban J connectivity index is 2.57. The van der Waals surface area contributed by atoms with Gasteiger partial charge in [-0.1, -0.05) is 0 Å². The summed E-state index contributed by atoms with van der Waals surface area (Å²) >= 11 is 0. The summed E-state index contributed by atoms with van der Waals surface area (Å²) in [5, 5.41) is 0. The van der Waals surface area contributed by atoms with Crippen molar-refractivity contribution in [3.05, 3.63) is 0 Å². The Bertz CT molecular complexity index is 153. The molecule has 1 heterocycles. The van der Waals surface area contributed by atoms with E-state index in [1.807, 2.05) is 20.8 Å². The summed E-state index contributed by atoms with van der Waals surface area (Å²) in [6, 6.07) is 0. The van der Waals surface area contributed by atoms with Crippen LogP contribution in [0.4, 0.5) is 0 Å². The van der Waals surface area contributed by atoms with Crippen LogP contribution >= 0.6 is 0 Å². The van der Waals surface area contributed by atoms with E-state index in [1.165, 1.54) is 0 Å². The van der Waals surface area contributed by atoms with Crippen LogP contribution < -0.4 is 0 Å². The average molecular weight is 158 g/mol. The first-order valence-electron chi connectivity index (χ1n) is 3.84. The van der Waals surface area contributed by atoms with Crippen molar-refractivity contribution in [2.24, 2.45) is 0 Å². The van der Waals surface area contributed by atoms with Crippen LogP contribution in [0.1, 0.15) is 27.2 Å². The van der Waals surface area contributed by atoms with Gasteiger partial charge in [0.25, 0.3) is 0 Å². The highest BCUT2D eigenvalue weighted by Gasteiger charge is 2.32. The van der Waals surface area contributed by atoms with Crippen LogP contribution in [0, 0.1) is 0 Å². The molecule has 11 heavy (non-hydrogen) atoms.